The Bertz CT molecular complexity index is 1240. The molecule has 0 fully saturated rings. The van der Waals surface area contributed by atoms with Crippen LogP contribution < -0.4 is 4.90 Å². The Morgan fingerprint density at radius 1 is 1.00 bits per heavy atom. The van der Waals surface area contributed by atoms with Crippen LogP contribution in [0.1, 0.15) is 16.8 Å². The molecule has 0 saturated carbocycles. The molecule has 4 aromatic rings. The van der Waals surface area contributed by atoms with Gasteiger partial charge in [-0.2, -0.15) is 0 Å². The van der Waals surface area contributed by atoms with Crippen LogP contribution in [0.4, 0.5) is 11.4 Å². The fourth-order valence-corrected chi connectivity index (χ4v) is 4.04. The molecular formula is C25H21ClN2O3. The first kappa shape index (κ1) is 20.7. The molecule has 1 amide bonds. The molecule has 0 bridgehead atoms. The quantitative estimate of drug-likeness (QED) is 0.388. The molecule has 31 heavy (non-hydrogen) atoms. The molecule has 0 atom stereocenters. The molecular weight excluding hydrogens is 412 g/mol. The average Bonchev–Trinajstić information content (AvgIpc) is 3.02. The van der Waals surface area contributed by atoms with E-state index in [-0.39, 0.29) is 6.54 Å². The summed E-state index contributed by atoms with van der Waals surface area (Å²) in [4.78, 5) is 24.6. The molecule has 0 unspecified atom stereocenters. The maximum atomic E-state index is 11.7. The molecule has 0 saturated heterocycles. The molecule has 6 heteroatoms. The van der Waals surface area contributed by atoms with Gasteiger partial charge in [0.25, 0.3) is 0 Å². The molecule has 4 rings (SSSR count). The summed E-state index contributed by atoms with van der Waals surface area (Å²) in [6.07, 6.45) is 1.45. The highest BCUT2D eigenvalue weighted by molar-refractivity contribution is 6.30. The van der Waals surface area contributed by atoms with Crippen LogP contribution in [0.2, 0.25) is 5.02 Å². The minimum Gasteiger partial charge on any atom is -0.480 e. The third-order valence-electron chi connectivity index (χ3n) is 5.46. The molecule has 1 N–H and O–H groups in total. The lowest BCUT2D eigenvalue weighted by Gasteiger charge is -2.18. The van der Waals surface area contributed by atoms with Gasteiger partial charge in [-0.25, -0.2) is 0 Å². The number of carbonyl (C=O) groups excluding carboxylic acids is 1. The Hall–Kier alpha value is -3.57. The number of hydrogen-bond donors (Lipinski definition) is 1. The summed E-state index contributed by atoms with van der Waals surface area (Å²) in [7, 11) is 0. The fraction of sp³-hybridized carbons (Fsp3) is 0.120. The molecule has 156 valence electrons. The van der Waals surface area contributed by atoms with E-state index in [1.807, 2.05) is 60.0 Å². The van der Waals surface area contributed by atoms with Gasteiger partial charge >= 0.3 is 5.97 Å². The third-order valence-corrected chi connectivity index (χ3v) is 5.71. The number of fused-ring (bicyclic) bond motifs is 1. The van der Waals surface area contributed by atoms with Crippen molar-refractivity contribution in [1.82, 2.24) is 4.57 Å². The molecule has 1 heterocycles. The molecule has 3 aromatic carbocycles. The number of aromatic nitrogens is 1. The van der Waals surface area contributed by atoms with E-state index in [0.717, 1.165) is 45.5 Å². The Labute approximate surface area is 185 Å². The van der Waals surface area contributed by atoms with Gasteiger partial charge in [0.05, 0.1) is 0 Å². The van der Waals surface area contributed by atoms with Gasteiger partial charge in [-0.15, -0.1) is 0 Å². The first-order valence-corrected chi connectivity index (χ1v) is 10.2. The summed E-state index contributed by atoms with van der Waals surface area (Å²) < 4.78 is 1.84. The number of carbonyl (C=O) groups is 2. The standard InChI is InChI=1S/C25H21ClN2O3/c1-17-23(22-4-2-3-5-24(22)27(17)15-25(30)31)14-18-6-10-20(11-7-18)28(16-29)21-12-8-19(26)9-13-21/h2-13,16H,14-15H2,1H3,(H,30,31). The number of anilines is 2. The number of nitrogens with zero attached hydrogens (tertiary/aromatic N) is 2. The Morgan fingerprint density at radius 3 is 2.23 bits per heavy atom. The lowest BCUT2D eigenvalue weighted by molar-refractivity contribution is -0.137. The average molecular weight is 433 g/mol. The summed E-state index contributed by atoms with van der Waals surface area (Å²) in [6.45, 7) is 1.89. The lowest BCUT2D eigenvalue weighted by atomic mass is 10.0. The molecule has 0 aliphatic carbocycles. The molecule has 0 aliphatic rings. The number of aliphatic carboxylic acids is 1. The number of benzene rings is 3. The number of halogens is 1. The van der Waals surface area contributed by atoms with Gasteiger partial charge < -0.3 is 9.67 Å². The van der Waals surface area contributed by atoms with Crippen LogP contribution in [-0.2, 0) is 22.6 Å². The highest BCUT2D eigenvalue weighted by Crippen LogP contribution is 2.30. The van der Waals surface area contributed by atoms with Crippen molar-refractivity contribution in [2.45, 2.75) is 19.9 Å². The summed E-state index contributed by atoms with van der Waals surface area (Å²) >= 11 is 5.95. The molecule has 0 radical (unpaired) electrons. The molecule has 0 aliphatic heterocycles. The number of carboxylic acids is 1. The number of hydrogen-bond acceptors (Lipinski definition) is 2. The molecule has 0 spiro atoms. The number of para-hydroxylation sites is 1. The zero-order valence-corrected chi connectivity index (χ0v) is 17.7. The molecule has 1 aromatic heterocycles. The fourth-order valence-electron chi connectivity index (χ4n) is 3.92. The van der Waals surface area contributed by atoms with Crippen molar-refractivity contribution in [3.8, 4) is 0 Å². The second kappa shape index (κ2) is 8.66. The van der Waals surface area contributed by atoms with Crippen LogP contribution in [0.3, 0.4) is 0 Å². The van der Waals surface area contributed by atoms with Crippen LogP contribution in [0.15, 0.2) is 72.8 Å². The van der Waals surface area contributed by atoms with E-state index in [4.69, 9.17) is 11.6 Å². The highest BCUT2D eigenvalue weighted by atomic mass is 35.5. The predicted molar refractivity (Wildman–Crippen MR) is 123 cm³/mol. The van der Waals surface area contributed by atoms with Crippen molar-refractivity contribution in [3.63, 3.8) is 0 Å². The smallest absolute Gasteiger partial charge is 0.323 e. The van der Waals surface area contributed by atoms with Crippen molar-refractivity contribution in [2.75, 3.05) is 4.90 Å². The van der Waals surface area contributed by atoms with Crippen LogP contribution in [0.5, 0.6) is 0 Å². The van der Waals surface area contributed by atoms with Gasteiger partial charge in [-0.05, 0) is 66.9 Å². The predicted octanol–water partition coefficient (Wildman–Crippen LogP) is 5.57. The summed E-state index contributed by atoms with van der Waals surface area (Å²) in [5.74, 6) is -0.865. The minimum atomic E-state index is -0.865. The van der Waals surface area contributed by atoms with E-state index >= 15 is 0 Å². The van der Waals surface area contributed by atoms with Crippen molar-refractivity contribution >= 4 is 46.3 Å². The highest BCUT2D eigenvalue weighted by Gasteiger charge is 2.16. The third kappa shape index (κ3) is 4.18. The normalized spacial score (nSPS) is 10.9. The Morgan fingerprint density at radius 2 is 1.61 bits per heavy atom. The van der Waals surface area contributed by atoms with Crippen molar-refractivity contribution < 1.29 is 14.7 Å². The number of carboxylic acid groups (broad SMARTS) is 1. The van der Waals surface area contributed by atoms with Crippen LogP contribution in [0.25, 0.3) is 10.9 Å². The van der Waals surface area contributed by atoms with E-state index in [0.29, 0.717) is 11.4 Å². The zero-order chi connectivity index (χ0) is 22.0. The van der Waals surface area contributed by atoms with Gasteiger partial charge in [0.15, 0.2) is 0 Å². The van der Waals surface area contributed by atoms with Crippen LogP contribution >= 0.6 is 11.6 Å². The zero-order valence-electron chi connectivity index (χ0n) is 17.0. The van der Waals surface area contributed by atoms with Crippen molar-refractivity contribution in [3.05, 3.63) is 94.6 Å². The Balaban J connectivity index is 1.64. The van der Waals surface area contributed by atoms with E-state index in [1.54, 1.807) is 29.2 Å². The summed E-state index contributed by atoms with van der Waals surface area (Å²) in [5.41, 5.74) is 5.54. The lowest BCUT2D eigenvalue weighted by Crippen LogP contribution is -2.13. The summed E-state index contributed by atoms with van der Waals surface area (Å²) in [6, 6.07) is 22.7. The van der Waals surface area contributed by atoms with E-state index in [2.05, 4.69) is 0 Å². The maximum Gasteiger partial charge on any atom is 0.323 e. The Kier molecular flexibility index (Phi) is 5.78. The van der Waals surface area contributed by atoms with E-state index in [1.165, 1.54) is 0 Å². The topological polar surface area (TPSA) is 62.5 Å². The summed E-state index contributed by atoms with van der Waals surface area (Å²) in [5, 5.41) is 11.0. The van der Waals surface area contributed by atoms with Gasteiger partial charge in [0.1, 0.15) is 6.54 Å². The number of rotatable bonds is 7. The first-order chi connectivity index (χ1) is 15.0. The monoisotopic (exact) mass is 432 g/mol. The second-order valence-corrected chi connectivity index (χ2v) is 7.79. The first-order valence-electron chi connectivity index (χ1n) is 9.85. The SMILES string of the molecule is Cc1c(Cc2ccc(N(C=O)c3ccc(Cl)cc3)cc2)c2ccccc2n1CC(=O)O. The van der Waals surface area contributed by atoms with Crippen LogP contribution in [-0.4, -0.2) is 22.1 Å². The second-order valence-electron chi connectivity index (χ2n) is 7.36. The van der Waals surface area contributed by atoms with E-state index < -0.39 is 5.97 Å². The van der Waals surface area contributed by atoms with Gasteiger partial charge in [0.2, 0.25) is 6.41 Å². The van der Waals surface area contributed by atoms with Crippen LogP contribution in [0, 0.1) is 6.92 Å². The molecule has 5 nitrogen and oxygen atoms in total. The number of amides is 1. The van der Waals surface area contributed by atoms with Crippen molar-refractivity contribution in [1.29, 1.82) is 0 Å². The largest absolute Gasteiger partial charge is 0.480 e. The van der Waals surface area contributed by atoms with Gasteiger partial charge in [-0.3, -0.25) is 14.5 Å². The minimum absolute atomic E-state index is 0.0688. The van der Waals surface area contributed by atoms with Gasteiger partial charge in [0, 0.05) is 33.0 Å². The van der Waals surface area contributed by atoms with Gasteiger partial charge in [-0.1, -0.05) is 41.9 Å². The van der Waals surface area contributed by atoms with E-state index in [9.17, 15) is 14.7 Å². The maximum absolute atomic E-state index is 11.7. The van der Waals surface area contributed by atoms with Crippen molar-refractivity contribution in [2.24, 2.45) is 0 Å².